The molecule has 1 aromatic carbocycles. The monoisotopic (exact) mass is 446 g/mol. The number of ether oxygens (including phenoxy) is 2. The lowest BCUT2D eigenvalue weighted by molar-refractivity contribution is -0.117. The van der Waals surface area contributed by atoms with Crippen LogP contribution in [0.3, 0.4) is 0 Å². The SMILES string of the molecule is COCCNC(=O)C(C#N)=Cc1c(Oc2ccc(C(C)(C)C)cc2)nc2ccccn2c1=O. The maximum absolute atomic E-state index is 13.2. The third-order valence-electron chi connectivity index (χ3n) is 4.91. The highest BCUT2D eigenvalue weighted by Gasteiger charge is 2.18. The van der Waals surface area contributed by atoms with Gasteiger partial charge in [0.15, 0.2) is 0 Å². The van der Waals surface area contributed by atoms with Crippen LogP contribution in [0.15, 0.2) is 59.0 Å². The first-order valence-electron chi connectivity index (χ1n) is 10.4. The van der Waals surface area contributed by atoms with Crippen molar-refractivity contribution in [3.05, 3.63) is 75.7 Å². The van der Waals surface area contributed by atoms with E-state index in [0.717, 1.165) is 5.56 Å². The van der Waals surface area contributed by atoms with Crippen LogP contribution in [0.4, 0.5) is 0 Å². The van der Waals surface area contributed by atoms with Crippen LogP contribution >= 0.6 is 0 Å². The predicted octanol–water partition coefficient (Wildman–Crippen LogP) is 3.45. The molecule has 0 spiro atoms. The number of nitriles is 1. The second-order valence-corrected chi connectivity index (χ2v) is 8.36. The summed E-state index contributed by atoms with van der Waals surface area (Å²) in [5, 5.41) is 12.1. The highest BCUT2D eigenvalue weighted by Crippen LogP contribution is 2.28. The number of hydrogen-bond donors (Lipinski definition) is 1. The molecule has 3 aromatic rings. The quantitative estimate of drug-likeness (QED) is 0.339. The number of amides is 1. The second-order valence-electron chi connectivity index (χ2n) is 8.36. The van der Waals surface area contributed by atoms with E-state index >= 15 is 0 Å². The molecule has 3 rings (SSSR count). The van der Waals surface area contributed by atoms with Crippen molar-refractivity contribution in [2.45, 2.75) is 26.2 Å². The number of nitrogens with zero attached hydrogens (tertiary/aromatic N) is 3. The van der Waals surface area contributed by atoms with Crippen molar-refractivity contribution in [3.8, 4) is 17.7 Å². The lowest BCUT2D eigenvalue weighted by Gasteiger charge is -2.19. The fourth-order valence-corrected chi connectivity index (χ4v) is 3.07. The molecular formula is C25H26N4O4. The average Bonchev–Trinajstić information content (AvgIpc) is 2.79. The summed E-state index contributed by atoms with van der Waals surface area (Å²) in [4.78, 5) is 30.1. The standard InChI is InChI=1S/C25H26N4O4/c1-25(2,3)18-8-10-19(11-9-18)33-23-20(15-17(16-26)22(30)27-12-14-32-4)24(31)29-13-6-5-7-21(29)28-23/h5-11,13,15H,12,14H2,1-4H3,(H,27,30). The summed E-state index contributed by atoms with van der Waals surface area (Å²) in [5.41, 5.74) is 0.778. The summed E-state index contributed by atoms with van der Waals surface area (Å²) in [5.74, 6) is -0.132. The summed E-state index contributed by atoms with van der Waals surface area (Å²) < 4.78 is 12.2. The molecule has 0 bridgehead atoms. The Morgan fingerprint density at radius 3 is 2.58 bits per heavy atom. The highest BCUT2D eigenvalue weighted by molar-refractivity contribution is 6.01. The molecule has 0 aliphatic heterocycles. The maximum Gasteiger partial charge on any atom is 0.269 e. The van der Waals surface area contributed by atoms with Gasteiger partial charge in [0.25, 0.3) is 11.5 Å². The van der Waals surface area contributed by atoms with Gasteiger partial charge in [-0.2, -0.15) is 10.2 Å². The smallest absolute Gasteiger partial charge is 0.269 e. The molecule has 2 aromatic heterocycles. The molecule has 0 unspecified atom stereocenters. The number of carbonyl (C=O) groups is 1. The highest BCUT2D eigenvalue weighted by atomic mass is 16.5. The molecule has 0 aliphatic rings. The molecule has 1 N–H and O–H groups in total. The molecule has 33 heavy (non-hydrogen) atoms. The number of methoxy groups -OCH3 is 1. The fraction of sp³-hybridized carbons (Fsp3) is 0.280. The topological polar surface area (TPSA) is 106 Å². The van der Waals surface area contributed by atoms with E-state index in [0.29, 0.717) is 18.0 Å². The Hall–Kier alpha value is -3.96. The zero-order valence-electron chi connectivity index (χ0n) is 19.1. The van der Waals surface area contributed by atoms with E-state index in [-0.39, 0.29) is 29.0 Å². The lowest BCUT2D eigenvalue weighted by Crippen LogP contribution is -2.28. The molecule has 0 saturated heterocycles. The van der Waals surface area contributed by atoms with Crippen molar-refractivity contribution in [2.24, 2.45) is 0 Å². The number of carbonyl (C=O) groups excluding carboxylic acids is 1. The summed E-state index contributed by atoms with van der Waals surface area (Å²) in [6.07, 6.45) is 2.77. The van der Waals surface area contributed by atoms with Gasteiger partial charge in [-0.1, -0.05) is 39.0 Å². The van der Waals surface area contributed by atoms with Gasteiger partial charge in [0.2, 0.25) is 5.88 Å². The zero-order valence-corrected chi connectivity index (χ0v) is 19.1. The van der Waals surface area contributed by atoms with Crippen LogP contribution in [0.1, 0.15) is 31.9 Å². The van der Waals surface area contributed by atoms with Crippen molar-refractivity contribution in [2.75, 3.05) is 20.3 Å². The van der Waals surface area contributed by atoms with Gasteiger partial charge in [-0.25, -0.2) is 0 Å². The van der Waals surface area contributed by atoms with Gasteiger partial charge < -0.3 is 14.8 Å². The Morgan fingerprint density at radius 1 is 1.21 bits per heavy atom. The van der Waals surface area contributed by atoms with E-state index in [4.69, 9.17) is 9.47 Å². The number of benzene rings is 1. The molecule has 2 heterocycles. The fourth-order valence-electron chi connectivity index (χ4n) is 3.07. The van der Waals surface area contributed by atoms with Crippen LogP contribution < -0.4 is 15.6 Å². The number of aromatic nitrogens is 2. The van der Waals surface area contributed by atoms with E-state index in [2.05, 4.69) is 31.1 Å². The van der Waals surface area contributed by atoms with Crippen molar-refractivity contribution >= 4 is 17.6 Å². The molecule has 0 aliphatic carbocycles. The van der Waals surface area contributed by atoms with Gasteiger partial charge in [-0.05, 0) is 41.3 Å². The first-order chi connectivity index (χ1) is 15.7. The minimum atomic E-state index is -0.618. The minimum Gasteiger partial charge on any atom is -0.438 e. The van der Waals surface area contributed by atoms with Gasteiger partial charge in [0.1, 0.15) is 28.6 Å². The van der Waals surface area contributed by atoms with Gasteiger partial charge >= 0.3 is 0 Å². The Labute approximate surface area is 192 Å². The van der Waals surface area contributed by atoms with Crippen molar-refractivity contribution < 1.29 is 14.3 Å². The summed E-state index contributed by atoms with van der Waals surface area (Å²) >= 11 is 0. The molecule has 170 valence electrons. The summed E-state index contributed by atoms with van der Waals surface area (Å²) in [6, 6.07) is 14.5. The molecule has 0 radical (unpaired) electrons. The van der Waals surface area contributed by atoms with Crippen molar-refractivity contribution in [1.29, 1.82) is 5.26 Å². The molecule has 0 saturated carbocycles. The van der Waals surface area contributed by atoms with Crippen LogP contribution in [0, 0.1) is 11.3 Å². The van der Waals surface area contributed by atoms with E-state index in [1.165, 1.54) is 17.6 Å². The Balaban J connectivity index is 2.07. The number of nitrogens with one attached hydrogen (secondary N) is 1. The van der Waals surface area contributed by atoms with Crippen LogP contribution in [0.2, 0.25) is 0 Å². The zero-order chi connectivity index (χ0) is 24.0. The van der Waals surface area contributed by atoms with E-state index in [9.17, 15) is 14.9 Å². The Morgan fingerprint density at radius 2 is 1.94 bits per heavy atom. The van der Waals surface area contributed by atoms with Crippen molar-refractivity contribution in [3.63, 3.8) is 0 Å². The normalized spacial score (nSPS) is 11.8. The van der Waals surface area contributed by atoms with E-state index < -0.39 is 11.5 Å². The molecule has 0 atom stereocenters. The van der Waals surface area contributed by atoms with Gasteiger partial charge in [-0.15, -0.1) is 0 Å². The van der Waals surface area contributed by atoms with Gasteiger partial charge in [-0.3, -0.25) is 14.0 Å². The average molecular weight is 447 g/mol. The Bertz CT molecular complexity index is 1280. The van der Waals surface area contributed by atoms with E-state index in [1.54, 1.807) is 36.5 Å². The third-order valence-corrected chi connectivity index (χ3v) is 4.91. The van der Waals surface area contributed by atoms with Crippen LogP contribution in [0.5, 0.6) is 11.6 Å². The summed E-state index contributed by atoms with van der Waals surface area (Å²) in [6.45, 7) is 6.85. The minimum absolute atomic E-state index is 0.00274. The van der Waals surface area contributed by atoms with Crippen LogP contribution in [-0.4, -0.2) is 35.6 Å². The maximum atomic E-state index is 13.2. The number of pyridine rings is 1. The summed E-state index contributed by atoms with van der Waals surface area (Å²) in [7, 11) is 1.51. The lowest BCUT2D eigenvalue weighted by atomic mass is 9.87. The second kappa shape index (κ2) is 10.1. The first-order valence-corrected chi connectivity index (χ1v) is 10.4. The molecule has 1 amide bonds. The number of hydrogen-bond acceptors (Lipinski definition) is 6. The van der Waals surface area contributed by atoms with Crippen LogP contribution in [0.25, 0.3) is 11.7 Å². The molecule has 8 nitrogen and oxygen atoms in total. The third kappa shape index (κ3) is 5.64. The van der Waals surface area contributed by atoms with E-state index in [1.807, 2.05) is 18.2 Å². The molecule has 0 fully saturated rings. The van der Waals surface area contributed by atoms with Gasteiger partial charge in [0, 0.05) is 19.9 Å². The number of rotatable bonds is 7. The first kappa shape index (κ1) is 23.7. The predicted molar refractivity (Wildman–Crippen MR) is 125 cm³/mol. The Kier molecular flexibility index (Phi) is 7.26. The van der Waals surface area contributed by atoms with Crippen molar-refractivity contribution in [1.82, 2.24) is 14.7 Å². The van der Waals surface area contributed by atoms with Crippen LogP contribution in [-0.2, 0) is 14.9 Å². The number of fused-ring (bicyclic) bond motifs is 1. The van der Waals surface area contributed by atoms with Gasteiger partial charge in [0.05, 0.1) is 6.61 Å². The molecular weight excluding hydrogens is 420 g/mol. The molecule has 8 heteroatoms. The largest absolute Gasteiger partial charge is 0.438 e.